The number of hydrogen-bond donors (Lipinski definition) is 0. The molecule has 2 heterocycles. The summed E-state index contributed by atoms with van der Waals surface area (Å²) in [6.07, 6.45) is 4.51. The Hall–Kier alpha value is -2.76. The first-order valence-electron chi connectivity index (χ1n) is 7.98. The quantitative estimate of drug-likeness (QED) is 0.843. The maximum absolute atomic E-state index is 12.6. The van der Waals surface area contributed by atoms with Crippen LogP contribution in [0.2, 0.25) is 0 Å². The summed E-state index contributed by atoms with van der Waals surface area (Å²) in [6, 6.07) is 5.76. The molecule has 124 valence electrons. The van der Waals surface area contributed by atoms with Crippen molar-refractivity contribution in [3.05, 3.63) is 59.2 Å². The predicted molar refractivity (Wildman–Crippen MR) is 89.8 cm³/mol. The van der Waals surface area contributed by atoms with Crippen LogP contribution in [-0.2, 0) is 0 Å². The van der Waals surface area contributed by atoms with E-state index in [9.17, 15) is 9.59 Å². The molecule has 0 saturated carbocycles. The van der Waals surface area contributed by atoms with E-state index in [1.165, 1.54) is 24.2 Å². The number of aryl methyl sites for hydroxylation is 2. The Labute approximate surface area is 141 Å². The van der Waals surface area contributed by atoms with Crippen LogP contribution in [0.3, 0.4) is 0 Å². The first-order chi connectivity index (χ1) is 11.6. The Morgan fingerprint density at radius 3 is 2.17 bits per heavy atom. The molecule has 1 aromatic carbocycles. The van der Waals surface area contributed by atoms with Crippen LogP contribution in [0.25, 0.3) is 0 Å². The van der Waals surface area contributed by atoms with Crippen molar-refractivity contribution in [1.29, 1.82) is 0 Å². The van der Waals surface area contributed by atoms with Crippen LogP contribution in [0.5, 0.6) is 0 Å². The smallest absolute Gasteiger partial charge is 0.274 e. The minimum absolute atomic E-state index is 0.0182. The number of aromatic nitrogens is 2. The van der Waals surface area contributed by atoms with Crippen molar-refractivity contribution in [2.45, 2.75) is 13.8 Å². The number of piperazine rings is 1. The molecule has 2 amide bonds. The number of rotatable bonds is 2. The fourth-order valence-corrected chi connectivity index (χ4v) is 2.74. The summed E-state index contributed by atoms with van der Waals surface area (Å²) >= 11 is 0. The van der Waals surface area contributed by atoms with Gasteiger partial charge < -0.3 is 9.80 Å². The number of amides is 2. The van der Waals surface area contributed by atoms with Gasteiger partial charge in [-0.25, -0.2) is 4.98 Å². The van der Waals surface area contributed by atoms with Crippen molar-refractivity contribution in [3.8, 4) is 0 Å². The second-order valence-electron chi connectivity index (χ2n) is 5.97. The van der Waals surface area contributed by atoms with E-state index >= 15 is 0 Å². The van der Waals surface area contributed by atoms with E-state index in [0.717, 1.165) is 5.56 Å². The molecule has 2 aromatic rings. The van der Waals surface area contributed by atoms with Gasteiger partial charge in [0.05, 0.1) is 6.20 Å². The summed E-state index contributed by atoms with van der Waals surface area (Å²) in [4.78, 5) is 36.4. The predicted octanol–water partition coefficient (Wildman–Crippen LogP) is 1.69. The molecule has 24 heavy (non-hydrogen) atoms. The van der Waals surface area contributed by atoms with Crippen LogP contribution in [0.4, 0.5) is 0 Å². The Kier molecular flexibility index (Phi) is 4.55. The molecule has 6 heteroatoms. The molecule has 6 nitrogen and oxygen atoms in total. The van der Waals surface area contributed by atoms with Crippen LogP contribution in [0.15, 0.2) is 36.8 Å². The summed E-state index contributed by atoms with van der Waals surface area (Å²) in [5.41, 5.74) is 3.32. The standard InChI is InChI=1S/C18H20N4O2/c1-13-3-4-15(11-14(13)2)17(23)21-7-9-22(10-8-21)18(24)16-12-19-5-6-20-16/h3-6,11-12H,7-10H2,1-2H3. The molecule has 0 N–H and O–H groups in total. The number of benzene rings is 1. The second kappa shape index (κ2) is 6.78. The summed E-state index contributed by atoms with van der Waals surface area (Å²) in [5.74, 6) is -0.119. The Bertz CT molecular complexity index is 753. The van der Waals surface area contributed by atoms with Crippen LogP contribution in [0, 0.1) is 13.8 Å². The zero-order valence-electron chi connectivity index (χ0n) is 13.9. The highest BCUT2D eigenvalue weighted by Crippen LogP contribution is 2.14. The molecule has 0 unspecified atom stereocenters. The second-order valence-corrected chi connectivity index (χ2v) is 5.97. The SMILES string of the molecule is Cc1ccc(C(=O)N2CCN(C(=O)c3cnccn3)CC2)cc1C. The molecule has 0 spiro atoms. The van der Waals surface area contributed by atoms with Gasteiger partial charge in [-0.2, -0.15) is 0 Å². The molecule has 0 atom stereocenters. The fraction of sp³-hybridized carbons (Fsp3) is 0.333. The van der Waals surface area contributed by atoms with Crippen LogP contribution in [-0.4, -0.2) is 57.8 Å². The third-order valence-corrected chi connectivity index (χ3v) is 4.39. The highest BCUT2D eigenvalue weighted by atomic mass is 16.2. The van der Waals surface area contributed by atoms with Crippen molar-refractivity contribution >= 4 is 11.8 Å². The lowest BCUT2D eigenvalue weighted by Crippen LogP contribution is -2.50. The third kappa shape index (κ3) is 3.27. The summed E-state index contributed by atoms with van der Waals surface area (Å²) < 4.78 is 0. The number of nitrogens with zero attached hydrogens (tertiary/aromatic N) is 4. The van der Waals surface area contributed by atoms with Gasteiger partial charge in [-0.15, -0.1) is 0 Å². The van der Waals surface area contributed by atoms with Gasteiger partial charge in [0.25, 0.3) is 11.8 Å². The van der Waals surface area contributed by atoms with E-state index in [1.807, 2.05) is 32.0 Å². The van der Waals surface area contributed by atoms with Crippen molar-refractivity contribution in [2.24, 2.45) is 0 Å². The van der Waals surface area contributed by atoms with Gasteiger partial charge in [0.2, 0.25) is 0 Å². The Morgan fingerprint density at radius 1 is 0.917 bits per heavy atom. The monoisotopic (exact) mass is 324 g/mol. The minimum Gasteiger partial charge on any atom is -0.335 e. The maximum Gasteiger partial charge on any atom is 0.274 e. The molecule has 1 saturated heterocycles. The van der Waals surface area contributed by atoms with E-state index in [4.69, 9.17) is 0 Å². The minimum atomic E-state index is -0.138. The van der Waals surface area contributed by atoms with Crippen LogP contribution in [0.1, 0.15) is 32.0 Å². The van der Waals surface area contributed by atoms with Gasteiger partial charge >= 0.3 is 0 Å². The number of hydrogen-bond acceptors (Lipinski definition) is 4. The Balaban J connectivity index is 1.63. The fourth-order valence-electron chi connectivity index (χ4n) is 2.74. The number of carbonyl (C=O) groups is 2. The summed E-state index contributed by atoms with van der Waals surface area (Å²) in [6.45, 7) is 6.09. The van der Waals surface area contributed by atoms with E-state index < -0.39 is 0 Å². The average molecular weight is 324 g/mol. The zero-order valence-corrected chi connectivity index (χ0v) is 13.9. The summed E-state index contributed by atoms with van der Waals surface area (Å²) in [7, 11) is 0. The lowest BCUT2D eigenvalue weighted by atomic mass is 10.1. The lowest BCUT2D eigenvalue weighted by molar-refractivity contribution is 0.0532. The van der Waals surface area contributed by atoms with Crippen molar-refractivity contribution < 1.29 is 9.59 Å². The highest BCUT2D eigenvalue weighted by molar-refractivity contribution is 5.95. The highest BCUT2D eigenvalue weighted by Gasteiger charge is 2.26. The first-order valence-corrected chi connectivity index (χ1v) is 7.98. The van der Waals surface area contributed by atoms with Crippen molar-refractivity contribution in [2.75, 3.05) is 26.2 Å². The molecule has 0 bridgehead atoms. The van der Waals surface area contributed by atoms with Gasteiger partial charge in [0.15, 0.2) is 0 Å². The van der Waals surface area contributed by atoms with Gasteiger partial charge in [-0.1, -0.05) is 6.07 Å². The normalized spacial score (nSPS) is 14.6. The van der Waals surface area contributed by atoms with Crippen LogP contribution >= 0.6 is 0 Å². The molecular formula is C18H20N4O2. The first kappa shape index (κ1) is 16.1. The average Bonchev–Trinajstić information content (AvgIpc) is 2.63. The van der Waals surface area contributed by atoms with Crippen molar-refractivity contribution in [3.63, 3.8) is 0 Å². The van der Waals surface area contributed by atoms with Gasteiger partial charge in [0.1, 0.15) is 5.69 Å². The van der Waals surface area contributed by atoms with E-state index in [-0.39, 0.29) is 11.8 Å². The zero-order chi connectivity index (χ0) is 17.1. The topological polar surface area (TPSA) is 66.4 Å². The van der Waals surface area contributed by atoms with E-state index in [0.29, 0.717) is 37.4 Å². The molecule has 1 aliphatic rings. The molecule has 3 rings (SSSR count). The van der Waals surface area contributed by atoms with Crippen LogP contribution < -0.4 is 0 Å². The maximum atomic E-state index is 12.6. The largest absolute Gasteiger partial charge is 0.335 e. The molecule has 1 aliphatic heterocycles. The van der Waals surface area contributed by atoms with Gasteiger partial charge in [-0.05, 0) is 37.1 Å². The summed E-state index contributed by atoms with van der Waals surface area (Å²) in [5, 5.41) is 0. The van der Waals surface area contributed by atoms with Gasteiger partial charge in [0, 0.05) is 44.1 Å². The lowest BCUT2D eigenvalue weighted by Gasteiger charge is -2.34. The molecule has 0 aliphatic carbocycles. The third-order valence-electron chi connectivity index (χ3n) is 4.39. The molecule has 0 radical (unpaired) electrons. The molecular weight excluding hydrogens is 304 g/mol. The van der Waals surface area contributed by atoms with Crippen molar-refractivity contribution in [1.82, 2.24) is 19.8 Å². The number of carbonyl (C=O) groups excluding carboxylic acids is 2. The molecule has 1 aromatic heterocycles. The van der Waals surface area contributed by atoms with E-state index in [2.05, 4.69) is 9.97 Å². The van der Waals surface area contributed by atoms with E-state index in [1.54, 1.807) is 9.80 Å². The van der Waals surface area contributed by atoms with Gasteiger partial charge in [-0.3, -0.25) is 14.6 Å². The molecule has 1 fully saturated rings. The Morgan fingerprint density at radius 2 is 1.58 bits per heavy atom.